The van der Waals surface area contributed by atoms with Gasteiger partial charge in [0.15, 0.2) is 0 Å². The molecule has 8 heavy (non-hydrogen) atoms. The number of hydrogen-bond donors (Lipinski definition) is 0. The molecule has 0 saturated carbocycles. The summed E-state index contributed by atoms with van der Waals surface area (Å²) in [4.78, 5) is 0. The number of hydrogen-bond acceptors (Lipinski definition) is 0. The Morgan fingerprint density at radius 3 is 2.50 bits per heavy atom. The van der Waals surface area contributed by atoms with E-state index in [1.165, 1.54) is 5.54 Å². The highest BCUT2D eigenvalue weighted by Crippen LogP contribution is 2.21. The van der Waals surface area contributed by atoms with Crippen molar-refractivity contribution in [1.29, 1.82) is 0 Å². The molecule has 48 valence electrons. The molecule has 0 aromatic heterocycles. The fourth-order valence-corrected chi connectivity index (χ4v) is 1.05. The highest BCUT2D eigenvalue weighted by molar-refractivity contribution is 6.40. The topological polar surface area (TPSA) is 0 Å². The third-order valence-electron chi connectivity index (χ3n) is 1.19. The first-order valence-electron chi connectivity index (χ1n) is 2.68. The summed E-state index contributed by atoms with van der Waals surface area (Å²) in [6.07, 6.45) is 1.11. The molecule has 0 spiro atoms. The van der Waals surface area contributed by atoms with E-state index in [2.05, 4.69) is 6.92 Å². The molecule has 0 aliphatic carbocycles. The van der Waals surface area contributed by atoms with Crippen LogP contribution in [0.4, 0.5) is 0 Å². The molecule has 0 nitrogen and oxygen atoms in total. The molecule has 0 bridgehead atoms. The van der Waals surface area contributed by atoms with Crippen molar-refractivity contribution in [2.45, 2.75) is 18.9 Å². The van der Waals surface area contributed by atoms with Crippen molar-refractivity contribution in [2.75, 3.05) is 0 Å². The van der Waals surface area contributed by atoms with Crippen molar-refractivity contribution in [1.82, 2.24) is 0 Å². The van der Waals surface area contributed by atoms with Gasteiger partial charge in [0, 0.05) is 20.8 Å². The molecule has 0 heterocycles. The second-order valence-electron chi connectivity index (χ2n) is 1.80. The van der Waals surface area contributed by atoms with E-state index in [0.29, 0.717) is 5.54 Å². The predicted molar refractivity (Wildman–Crippen MR) is 43.8 cm³/mol. The summed E-state index contributed by atoms with van der Waals surface area (Å²) < 4.78 is 0. The Kier molecular flexibility index (Phi) is 4.72. The summed E-state index contributed by atoms with van der Waals surface area (Å²) in [5, 5.41) is 0.806. The van der Waals surface area contributed by atoms with E-state index in [1.807, 2.05) is 0 Å². The van der Waals surface area contributed by atoms with Gasteiger partial charge in [-0.1, -0.05) is 36.5 Å². The van der Waals surface area contributed by atoms with Gasteiger partial charge < -0.3 is 0 Å². The lowest BCUT2D eigenvalue weighted by Crippen LogP contribution is -1.87. The van der Waals surface area contributed by atoms with Crippen LogP contribution in [0.1, 0.15) is 13.3 Å². The Morgan fingerprint density at radius 2 is 2.38 bits per heavy atom. The van der Waals surface area contributed by atoms with Crippen LogP contribution in [0.5, 0.6) is 0 Å². The fourth-order valence-electron chi connectivity index (χ4n) is 0.303. The zero-order valence-electron chi connectivity index (χ0n) is 5.12. The van der Waals surface area contributed by atoms with Gasteiger partial charge in [-0.25, -0.2) is 0 Å². The molecule has 3 heteroatoms. The van der Waals surface area contributed by atoms with E-state index in [-0.39, 0.29) is 0 Å². The molecule has 0 saturated heterocycles. The van der Waals surface area contributed by atoms with Crippen LogP contribution in [0.3, 0.4) is 0 Å². The molecule has 1 unspecified atom stereocenters. The van der Waals surface area contributed by atoms with Crippen LogP contribution in [-0.2, 0) is 0 Å². The van der Waals surface area contributed by atoms with E-state index in [9.17, 15) is 0 Å². The van der Waals surface area contributed by atoms with Crippen LogP contribution in [0.15, 0.2) is 10.6 Å². The molecule has 0 fully saturated rings. The van der Waals surface area contributed by atoms with Crippen LogP contribution in [-0.4, -0.2) is 10.2 Å². The standard InChI is InChI=1S/C5H10Cl2Si/c1-2-5(8)4(7)3-6/h3,5H,2H2,1,8H3. The lowest BCUT2D eigenvalue weighted by molar-refractivity contribution is 0.940. The maximum absolute atomic E-state index is 5.68. The lowest BCUT2D eigenvalue weighted by Gasteiger charge is -2.02. The molecule has 0 aromatic rings. The minimum absolute atomic E-state index is 0.550. The van der Waals surface area contributed by atoms with Crippen molar-refractivity contribution < 1.29 is 0 Å². The Labute approximate surface area is 63.3 Å². The van der Waals surface area contributed by atoms with Crippen molar-refractivity contribution in [3.63, 3.8) is 0 Å². The molecule has 0 aliphatic heterocycles. The van der Waals surface area contributed by atoms with Crippen LogP contribution >= 0.6 is 23.2 Å². The van der Waals surface area contributed by atoms with E-state index in [4.69, 9.17) is 23.2 Å². The van der Waals surface area contributed by atoms with E-state index >= 15 is 0 Å². The molecule has 0 N–H and O–H groups in total. The third-order valence-corrected chi connectivity index (χ3v) is 3.82. The summed E-state index contributed by atoms with van der Waals surface area (Å²) in [7, 11) is 1.10. The highest BCUT2D eigenvalue weighted by Gasteiger charge is 2.00. The largest absolute Gasteiger partial charge is 0.0917 e. The first-order chi connectivity index (χ1) is 3.72. The van der Waals surface area contributed by atoms with Gasteiger partial charge in [0.2, 0.25) is 0 Å². The molecule has 0 amide bonds. The average Bonchev–Trinajstić information content (AvgIpc) is 1.84. The van der Waals surface area contributed by atoms with Crippen molar-refractivity contribution in [2.24, 2.45) is 0 Å². The maximum atomic E-state index is 5.68. The molecule has 0 aliphatic rings. The number of rotatable bonds is 2. The average molecular weight is 169 g/mol. The van der Waals surface area contributed by atoms with Crippen LogP contribution in [0, 0.1) is 0 Å². The van der Waals surface area contributed by atoms with E-state index in [1.54, 1.807) is 0 Å². The zero-order chi connectivity index (χ0) is 6.57. The maximum Gasteiger partial charge on any atom is 0.0288 e. The van der Waals surface area contributed by atoms with Crippen LogP contribution in [0.25, 0.3) is 0 Å². The SMILES string of the molecule is CCC([SiH3])C(Cl)=CCl. The number of allylic oxidation sites excluding steroid dienone is 1. The van der Waals surface area contributed by atoms with E-state index in [0.717, 1.165) is 21.7 Å². The van der Waals surface area contributed by atoms with Gasteiger partial charge in [0.05, 0.1) is 0 Å². The molecule has 0 aromatic carbocycles. The summed E-state index contributed by atoms with van der Waals surface area (Å²) in [5.41, 5.74) is 2.01. The monoisotopic (exact) mass is 168 g/mol. The van der Waals surface area contributed by atoms with Crippen molar-refractivity contribution in [3.8, 4) is 0 Å². The predicted octanol–water partition coefficient (Wildman–Crippen LogP) is 1.87. The summed E-state index contributed by atoms with van der Waals surface area (Å²) in [6.45, 7) is 2.11. The van der Waals surface area contributed by atoms with Crippen molar-refractivity contribution in [3.05, 3.63) is 10.6 Å². The Balaban J connectivity index is 3.63. The van der Waals surface area contributed by atoms with Crippen molar-refractivity contribution >= 4 is 33.4 Å². The minimum atomic E-state index is 0.550. The summed E-state index contributed by atoms with van der Waals surface area (Å²) >= 11 is 11.0. The second-order valence-corrected chi connectivity index (χ2v) is 3.85. The smallest absolute Gasteiger partial charge is 0.0288 e. The summed E-state index contributed by atoms with van der Waals surface area (Å²) in [6, 6.07) is 0. The Hall–Kier alpha value is 0.537. The number of halogens is 2. The second kappa shape index (κ2) is 4.42. The van der Waals surface area contributed by atoms with E-state index < -0.39 is 0 Å². The molecular formula is C5H10Cl2Si. The first-order valence-corrected chi connectivity index (χ1v) is 4.65. The van der Waals surface area contributed by atoms with Crippen LogP contribution in [0.2, 0.25) is 5.54 Å². The Morgan fingerprint density at radius 1 is 1.88 bits per heavy atom. The van der Waals surface area contributed by atoms with Gasteiger partial charge in [-0.2, -0.15) is 0 Å². The van der Waals surface area contributed by atoms with Gasteiger partial charge in [-0.3, -0.25) is 0 Å². The molecule has 1 atom stereocenters. The van der Waals surface area contributed by atoms with Gasteiger partial charge >= 0.3 is 0 Å². The Bertz CT molecular complexity index is 90.4. The first kappa shape index (κ1) is 8.54. The zero-order valence-corrected chi connectivity index (χ0v) is 8.63. The van der Waals surface area contributed by atoms with Crippen LogP contribution < -0.4 is 0 Å². The molecule has 0 rings (SSSR count). The van der Waals surface area contributed by atoms with Gasteiger partial charge in [-0.15, -0.1) is 0 Å². The molecular weight excluding hydrogens is 159 g/mol. The molecule has 0 radical (unpaired) electrons. The third kappa shape index (κ3) is 2.75. The highest BCUT2D eigenvalue weighted by atomic mass is 35.5. The lowest BCUT2D eigenvalue weighted by atomic mass is 10.3. The van der Waals surface area contributed by atoms with Gasteiger partial charge in [0.1, 0.15) is 0 Å². The minimum Gasteiger partial charge on any atom is -0.0917 e. The fraction of sp³-hybridized carbons (Fsp3) is 0.600. The van der Waals surface area contributed by atoms with Gasteiger partial charge in [0.25, 0.3) is 0 Å². The summed E-state index contributed by atoms with van der Waals surface area (Å²) in [5.74, 6) is 0. The van der Waals surface area contributed by atoms with Gasteiger partial charge in [-0.05, 0) is 5.54 Å². The normalized spacial score (nSPS) is 16.6. The quantitative estimate of drug-likeness (QED) is 0.553.